The number of aliphatic hydroxyl groups is 1. The molecule has 0 radical (unpaired) electrons. The average molecular weight is 205 g/mol. The van der Waals surface area contributed by atoms with Crippen LogP contribution in [0.5, 0.6) is 0 Å². The van der Waals surface area contributed by atoms with E-state index in [1.54, 1.807) is 0 Å². The third-order valence-corrected chi connectivity index (χ3v) is 2.27. The lowest BCUT2D eigenvalue weighted by atomic mass is 10.2. The Balaban J connectivity index is 3.04. The van der Waals surface area contributed by atoms with E-state index >= 15 is 0 Å². The Kier molecular flexibility index (Phi) is 2.65. The van der Waals surface area contributed by atoms with Crippen molar-refractivity contribution >= 4 is 10.1 Å². The minimum atomic E-state index is -4.54. The quantitative estimate of drug-likeness (QED) is 0.697. The molecule has 0 heterocycles. The molecule has 1 unspecified atom stereocenters. The summed E-state index contributed by atoms with van der Waals surface area (Å²) in [5.74, 6) is -0.550. The standard InChI is InChI=1S/C7H7FO4S/c8-6-3-1-5(2-4-6)7(9)13(10,11)12/h1-4,7,9H,(H,10,11,12)/i8-1. The van der Waals surface area contributed by atoms with Crippen molar-refractivity contribution in [1.29, 1.82) is 0 Å². The van der Waals surface area contributed by atoms with Crippen LogP contribution >= 0.6 is 0 Å². The van der Waals surface area contributed by atoms with Crippen LogP contribution < -0.4 is 0 Å². The highest BCUT2D eigenvalue weighted by molar-refractivity contribution is 7.85. The zero-order valence-electron chi connectivity index (χ0n) is 6.38. The van der Waals surface area contributed by atoms with Gasteiger partial charge in [-0.1, -0.05) is 12.1 Å². The molecule has 0 aliphatic rings. The molecule has 0 saturated heterocycles. The Hall–Kier alpha value is -0.980. The Labute approximate surface area is 74.4 Å². The fourth-order valence-corrected chi connectivity index (χ4v) is 1.30. The van der Waals surface area contributed by atoms with Gasteiger partial charge in [0.05, 0.1) is 0 Å². The van der Waals surface area contributed by atoms with Gasteiger partial charge >= 0.3 is 0 Å². The van der Waals surface area contributed by atoms with Gasteiger partial charge in [-0.2, -0.15) is 8.42 Å². The third kappa shape index (κ3) is 2.48. The van der Waals surface area contributed by atoms with Crippen LogP contribution in [0, 0.1) is 5.82 Å². The van der Waals surface area contributed by atoms with E-state index in [1.807, 2.05) is 0 Å². The average Bonchev–Trinajstić information content (AvgIpc) is 2.03. The van der Waals surface area contributed by atoms with E-state index in [0.29, 0.717) is 0 Å². The van der Waals surface area contributed by atoms with Crippen LogP contribution in [0.25, 0.3) is 0 Å². The SMILES string of the molecule is O=S(=O)(O)C(O)c1ccc([18F])cc1. The van der Waals surface area contributed by atoms with Crippen LogP contribution in [0.1, 0.15) is 11.0 Å². The molecular formula is C7H7FO4S. The molecule has 4 nitrogen and oxygen atoms in total. The lowest BCUT2D eigenvalue weighted by Crippen LogP contribution is -2.10. The maximum absolute atomic E-state index is 12.4. The summed E-state index contributed by atoms with van der Waals surface area (Å²) in [7, 11) is -4.54. The highest BCUT2D eigenvalue weighted by Gasteiger charge is 2.21. The molecule has 1 atom stereocenters. The van der Waals surface area contributed by atoms with Gasteiger partial charge in [0.25, 0.3) is 10.1 Å². The minimum absolute atomic E-state index is 0.0797. The van der Waals surface area contributed by atoms with Crippen LogP contribution in [0.2, 0.25) is 0 Å². The zero-order chi connectivity index (χ0) is 10.1. The summed E-state index contributed by atoms with van der Waals surface area (Å²) in [4.78, 5) is 0. The van der Waals surface area contributed by atoms with Crippen LogP contribution in [0.3, 0.4) is 0 Å². The van der Waals surface area contributed by atoms with Gasteiger partial charge in [0.15, 0.2) is 0 Å². The van der Waals surface area contributed by atoms with E-state index < -0.39 is 21.4 Å². The number of rotatable bonds is 2. The van der Waals surface area contributed by atoms with Crippen molar-refractivity contribution in [3.05, 3.63) is 35.6 Å². The Morgan fingerprint density at radius 1 is 1.23 bits per heavy atom. The van der Waals surface area contributed by atoms with Crippen molar-refractivity contribution in [3.63, 3.8) is 0 Å². The summed E-state index contributed by atoms with van der Waals surface area (Å²) in [5.41, 5.74) is -2.10. The largest absolute Gasteiger partial charge is 0.371 e. The lowest BCUT2D eigenvalue weighted by Gasteiger charge is -2.06. The van der Waals surface area contributed by atoms with E-state index in [4.69, 9.17) is 9.66 Å². The van der Waals surface area contributed by atoms with Crippen LogP contribution in [-0.4, -0.2) is 18.1 Å². The molecule has 6 heteroatoms. The van der Waals surface area contributed by atoms with Gasteiger partial charge in [0.1, 0.15) is 5.82 Å². The molecule has 72 valence electrons. The third-order valence-electron chi connectivity index (χ3n) is 1.44. The van der Waals surface area contributed by atoms with Crippen molar-refractivity contribution < 1.29 is 22.5 Å². The molecule has 1 rings (SSSR count). The molecule has 0 aliphatic heterocycles. The predicted octanol–water partition coefficient (Wildman–Crippen LogP) is 0.704. The van der Waals surface area contributed by atoms with Crippen molar-refractivity contribution in [2.75, 3.05) is 0 Å². The van der Waals surface area contributed by atoms with E-state index in [-0.39, 0.29) is 5.56 Å². The first-order valence-corrected chi connectivity index (χ1v) is 4.81. The molecule has 0 aliphatic carbocycles. The summed E-state index contributed by atoms with van der Waals surface area (Å²) in [6, 6.07) is 4.13. The summed E-state index contributed by atoms with van der Waals surface area (Å²) < 4.78 is 41.6. The second kappa shape index (κ2) is 3.41. The number of hydrogen-bond donors (Lipinski definition) is 2. The normalized spacial score (nSPS) is 14.1. The fourth-order valence-electron chi connectivity index (χ4n) is 0.799. The molecule has 0 spiro atoms. The first-order chi connectivity index (χ1) is 5.91. The maximum atomic E-state index is 12.4. The highest BCUT2D eigenvalue weighted by atomic mass is 32.2. The Bertz CT molecular complexity index is 383. The molecule has 1 aromatic carbocycles. The van der Waals surface area contributed by atoms with E-state index in [0.717, 1.165) is 24.3 Å². The molecule has 2 N–H and O–H groups in total. The van der Waals surface area contributed by atoms with E-state index in [9.17, 15) is 12.8 Å². The first-order valence-electron chi connectivity index (χ1n) is 3.31. The molecule has 0 amide bonds. The van der Waals surface area contributed by atoms with E-state index in [1.165, 1.54) is 0 Å². The fraction of sp³-hybridized carbons (Fsp3) is 0.143. The van der Waals surface area contributed by atoms with Gasteiger partial charge in [-0.05, 0) is 17.7 Å². The zero-order valence-corrected chi connectivity index (χ0v) is 7.20. The minimum Gasteiger partial charge on any atom is -0.371 e. The lowest BCUT2D eigenvalue weighted by molar-refractivity contribution is 0.238. The second-order valence-electron chi connectivity index (χ2n) is 2.42. The summed E-state index contributed by atoms with van der Waals surface area (Å²) in [5, 5.41) is 8.99. The molecule has 13 heavy (non-hydrogen) atoms. The smallest absolute Gasteiger partial charge is 0.296 e. The van der Waals surface area contributed by atoms with Gasteiger partial charge < -0.3 is 5.11 Å². The van der Waals surface area contributed by atoms with Gasteiger partial charge in [0, 0.05) is 0 Å². The number of halogens is 1. The monoisotopic (exact) mass is 205 g/mol. The van der Waals surface area contributed by atoms with Crippen molar-refractivity contribution in [2.24, 2.45) is 0 Å². The van der Waals surface area contributed by atoms with Gasteiger partial charge in [0.2, 0.25) is 5.44 Å². The predicted molar refractivity (Wildman–Crippen MR) is 42.9 cm³/mol. The topological polar surface area (TPSA) is 74.6 Å². The molecule has 1 aromatic rings. The summed E-state index contributed by atoms with van der Waals surface area (Å²) in [6.07, 6.45) is 0. The summed E-state index contributed by atoms with van der Waals surface area (Å²) >= 11 is 0. The van der Waals surface area contributed by atoms with Crippen molar-refractivity contribution in [1.82, 2.24) is 0 Å². The van der Waals surface area contributed by atoms with Crippen LogP contribution in [0.15, 0.2) is 24.3 Å². The van der Waals surface area contributed by atoms with Crippen LogP contribution in [-0.2, 0) is 10.1 Å². The van der Waals surface area contributed by atoms with Crippen molar-refractivity contribution in [3.8, 4) is 0 Å². The van der Waals surface area contributed by atoms with Crippen molar-refractivity contribution in [2.45, 2.75) is 5.44 Å². The Morgan fingerprint density at radius 2 is 1.69 bits per heavy atom. The second-order valence-corrected chi connectivity index (χ2v) is 3.90. The number of aliphatic hydroxyl groups excluding tert-OH is 1. The van der Waals surface area contributed by atoms with Gasteiger partial charge in [-0.3, -0.25) is 4.55 Å². The Morgan fingerprint density at radius 3 is 2.08 bits per heavy atom. The number of hydrogen-bond acceptors (Lipinski definition) is 3. The summed E-state index contributed by atoms with van der Waals surface area (Å²) in [6.45, 7) is 0. The molecule has 0 fully saturated rings. The van der Waals surface area contributed by atoms with Crippen LogP contribution in [0.4, 0.5) is 4.39 Å². The van der Waals surface area contributed by atoms with E-state index in [2.05, 4.69) is 0 Å². The molecule has 0 bridgehead atoms. The highest BCUT2D eigenvalue weighted by Crippen LogP contribution is 2.17. The molecular weight excluding hydrogens is 198 g/mol. The maximum Gasteiger partial charge on any atom is 0.296 e. The van der Waals surface area contributed by atoms with Gasteiger partial charge in [-0.15, -0.1) is 0 Å². The molecule has 0 aromatic heterocycles. The number of benzene rings is 1. The molecule has 0 saturated carbocycles. The first kappa shape index (κ1) is 10.1. The van der Waals surface area contributed by atoms with Gasteiger partial charge in [-0.25, -0.2) is 4.39 Å².